The van der Waals surface area contributed by atoms with Crippen molar-refractivity contribution in [2.45, 2.75) is 20.4 Å². The number of hydrogen-bond acceptors (Lipinski definition) is 1. The molecular weight excluding hydrogens is 234 g/mol. The monoisotopic (exact) mass is 250 g/mol. The van der Waals surface area contributed by atoms with E-state index in [0.717, 1.165) is 23.0 Å². The number of aromatic nitrogens is 1. The Bertz CT molecular complexity index is 573. The standard InChI is InChI=1S/C14H16F2N2/c1-9-7-11(10(2)18(9)3)8-17-13-6-4-5-12(15)14(13)16/h4-7,17H,8H2,1-3H3. The van der Waals surface area contributed by atoms with Crippen molar-refractivity contribution in [1.29, 1.82) is 0 Å². The molecule has 0 atom stereocenters. The van der Waals surface area contributed by atoms with E-state index >= 15 is 0 Å². The van der Waals surface area contributed by atoms with Gasteiger partial charge >= 0.3 is 0 Å². The molecule has 0 bridgehead atoms. The number of rotatable bonds is 3. The number of hydrogen-bond donors (Lipinski definition) is 1. The van der Waals surface area contributed by atoms with Crippen molar-refractivity contribution in [3.05, 3.63) is 52.9 Å². The van der Waals surface area contributed by atoms with Crippen LogP contribution in [0.15, 0.2) is 24.3 Å². The van der Waals surface area contributed by atoms with E-state index in [4.69, 9.17) is 0 Å². The summed E-state index contributed by atoms with van der Waals surface area (Å²) in [6.07, 6.45) is 0. The molecule has 0 fully saturated rings. The molecule has 0 aliphatic heterocycles. The Labute approximate surface area is 105 Å². The molecule has 1 aromatic carbocycles. The van der Waals surface area contributed by atoms with Gasteiger partial charge < -0.3 is 9.88 Å². The molecule has 4 heteroatoms. The number of nitrogens with one attached hydrogen (secondary N) is 1. The zero-order chi connectivity index (χ0) is 13.3. The summed E-state index contributed by atoms with van der Waals surface area (Å²) in [5.74, 6) is -1.66. The van der Waals surface area contributed by atoms with Crippen molar-refractivity contribution in [2.75, 3.05) is 5.32 Å². The zero-order valence-corrected chi connectivity index (χ0v) is 10.7. The fourth-order valence-corrected chi connectivity index (χ4v) is 1.94. The molecule has 0 saturated carbocycles. The Kier molecular flexibility index (Phi) is 3.36. The minimum absolute atomic E-state index is 0.191. The first-order valence-corrected chi connectivity index (χ1v) is 5.80. The Hall–Kier alpha value is -1.84. The number of benzene rings is 1. The van der Waals surface area contributed by atoms with Gasteiger partial charge in [-0.05, 0) is 37.6 Å². The topological polar surface area (TPSA) is 17.0 Å². The second-order valence-corrected chi connectivity index (χ2v) is 4.41. The molecule has 0 radical (unpaired) electrons. The summed E-state index contributed by atoms with van der Waals surface area (Å²) in [6.45, 7) is 4.50. The van der Waals surface area contributed by atoms with Gasteiger partial charge in [-0.1, -0.05) is 6.07 Å². The number of anilines is 1. The third kappa shape index (κ3) is 2.23. The van der Waals surface area contributed by atoms with Crippen LogP contribution in [0.4, 0.5) is 14.5 Å². The van der Waals surface area contributed by atoms with Gasteiger partial charge in [0, 0.05) is 25.0 Å². The molecule has 2 rings (SSSR count). The lowest BCUT2D eigenvalue weighted by Crippen LogP contribution is -2.03. The quantitative estimate of drug-likeness (QED) is 0.881. The van der Waals surface area contributed by atoms with Crippen LogP contribution in [-0.2, 0) is 13.6 Å². The van der Waals surface area contributed by atoms with Crippen LogP contribution in [0.3, 0.4) is 0 Å². The predicted octanol–water partition coefficient (Wildman–Crippen LogP) is 3.53. The van der Waals surface area contributed by atoms with Gasteiger partial charge in [0.2, 0.25) is 0 Å². The lowest BCUT2D eigenvalue weighted by atomic mass is 10.2. The highest BCUT2D eigenvalue weighted by Crippen LogP contribution is 2.19. The molecule has 2 nitrogen and oxygen atoms in total. The second kappa shape index (κ2) is 4.80. The van der Waals surface area contributed by atoms with Crippen LogP contribution in [0.1, 0.15) is 17.0 Å². The van der Waals surface area contributed by atoms with Crippen molar-refractivity contribution in [3.63, 3.8) is 0 Å². The van der Waals surface area contributed by atoms with Crippen LogP contribution in [0.2, 0.25) is 0 Å². The molecule has 1 heterocycles. The SMILES string of the molecule is Cc1cc(CNc2cccc(F)c2F)c(C)n1C. The lowest BCUT2D eigenvalue weighted by Gasteiger charge is -2.08. The maximum Gasteiger partial charge on any atom is 0.181 e. The van der Waals surface area contributed by atoms with Crippen LogP contribution >= 0.6 is 0 Å². The summed E-state index contributed by atoms with van der Waals surface area (Å²) in [4.78, 5) is 0. The van der Waals surface area contributed by atoms with Gasteiger partial charge in [-0.2, -0.15) is 0 Å². The number of halogens is 2. The molecule has 96 valence electrons. The third-order valence-electron chi connectivity index (χ3n) is 3.30. The average molecular weight is 250 g/mol. The largest absolute Gasteiger partial charge is 0.378 e. The molecule has 0 spiro atoms. The molecule has 1 N–H and O–H groups in total. The number of nitrogens with zero attached hydrogens (tertiary/aromatic N) is 1. The van der Waals surface area contributed by atoms with Crippen LogP contribution < -0.4 is 5.32 Å². The van der Waals surface area contributed by atoms with E-state index in [0.29, 0.717) is 6.54 Å². The molecule has 0 aliphatic carbocycles. The first-order valence-electron chi connectivity index (χ1n) is 5.80. The molecule has 2 aromatic rings. The zero-order valence-electron chi connectivity index (χ0n) is 10.7. The first-order chi connectivity index (χ1) is 8.50. The van der Waals surface area contributed by atoms with Gasteiger partial charge in [0.1, 0.15) is 0 Å². The maximum absolute atomic E-state index is 13.4. The van der Waals surface area contributed by atoms with Gasteiger partial charge in [-0.15, -0.1) is 0 Å². The van der Waals surface area contributed by atoms with Gasteiger partial charge in [0.25, 0.3) is 0 Å². The van der Waals surface area contributed by atoms with Crippen molar-refractivity contribution in [3.8, 4) is 0 Å². The maximum atomic E-state index is 13.4. The van der Waals surface area contributed by atoms with Gasteiger partial charge in [-0.25, -0.2) is 8.78 Å². The third-order valence-corrected chi connectivity index (χ3v) is 3.30. The normalized spacial score (nSPS) is 10.7. The Morgan fingerprint density at radius 2 is 1.94 bits per heavy atom. The molecule has 0 aliphatic rings. The summed E-state index contributed by atoms with van der Waals surface area (Å²) < 4.78 is 28.5. The van der Waals surface area contributed by atoms with E-state index in [9.17, 15) is 8.78 Å². The molecule has 0 saturated heterocycles. The van der Waals surface area contributed by atoms with Crippen molar-refractivity contribution >= 4 is 5.69 Å². The highest BCUT2D eigenvalue weighted by molar-refractivity contribution is 5.46. The van der Waals surface area contributed by atoms with Gasteiger partial charge in [-0.3, -0.25) is 0 Å². The first kappa shape index (κ1) is 12.6. The summed E-state index contributed by atoms with van der Waals surface area (Å²) in [5.41, 5.74) is 3.54. The molecule has 0 amide bonds. The van der Waals surface area contributed by atoms with Gasteiger partial charge in [0.15, 0.2) is 11.6 Å². The van der Waals surface area contributed by atoms with Crippen molar-refractivity contribution in [1.82, 2.24) is 4.57 Å². The fourth-order valence-electron chi connectivity index (χ4n) is 1.94. The number of aryl methyl sites for hydroxylation is 1. The molecular formula is C14H16F2N2. The van der Waals surface area contributed by atoms with Crippen LogP contribution in [-0.4, -0.2) is 4.57 Å². The van der Waals surface area contributed by atoms with Crippen LogP contribution in [0.5, 0.6) is 0 Å². The Morgan fingerprint density at radius 1 is 1.22 bits per heavy atom. The minimum atomic E-state index is -0.832. The average Bonchev–Trinajstić information content (AvgIpc) is 2.59. The van der Waals surface area contributed by atoms with Crippen LogP contribution in [0, 0.1) is 25.5 Å². The Balaban J connectivity index is 2.16. The smallest absolute Gasteiger partial charge is 0.181 e. The van der Waals surface area contributed by atoms with E-state index in [-0.39, 0.29) is 5.69 Å². The van der Waals surface area contributed by atoms with Gasteiger partial charge in [0.05, 0.1) is 5.69 Å². The summed E-state index contributed by atoms with van der Waals surface area (Å²) in [5, 5.41) is 2.92. The molecule has 0 unspecified atom stereocenters. The van der Waals surface area contributed by atoms with Crippen molar-refractivity contribution in [2.24, 2.45) is 7.05 Å². The van der Waals surface area contributed by atoms with E-state index in [1.54, 1.807) is 0 Å². The molecule has 1 aromatic heterocycles. The Morgan fingerprint density at radius 3 is 2.56 bits per heavy atom. The van der Waals surface area contributed by atoms with E-state index < -0.39 is 11.6 Å². The van der Waals surface area contributed by atoms with E-state index in [1.807, 2.05) is 27.0 Å². The van der Waals surface area contributed by atoms with Crippen molar-refractivity contribution < 1.29 is 8.78 Å². The summed E-state index contributed by atoms with van der Waals surface area (Å²) >= 11 is 0. The van der Waals surface area contributed by atoms with Crippen LogP contribution in [0.25, 0.3) is 0 Å². The minimum Gasteiger partial charge on any atom is -0.378 e. The highest BCUT2D eigenvalue weighted by atomic mass is 19.2. The predicted molar refractivity (Wildman–Crippen MR) is 68.6 cm³/mol. The second-order valence-electron chi connectivity index (χ2n) is 4.41. The highest BCUT2D eigenvalue weighted by Gasteiger charge is 2.09. The molecule has 18 heavy (non-hydrogen) atoms. The lowest BCUT2D eigenvalue weighted by molar-refractivity contribution is 0.511. The van der Waals surface area contributed by atoms with E-state index in [2.05, 4.69) is 9.88 Å². The van der Waals surface area contributed by atoms with E-state index in [1.165, 1.54) is 12.1 Å². The fraction of sp³-hybridized carbons (Fsp3) is 0.286. The summed E-state index contributed by atoms with van der Waals surface area (Å²) in [7, 11) is 1.98. The summed E-state index contributed by atoms with van der Waals surface area (Å²) in [6, 6.07) is 6.17.